The summed E-state index contributed by atoms with van der Waals surface area (Å²) in [6, 6.07) is 0. The van der Waals surface area contributed by atoms with Crippen LogP contribution in [-0.4, -0.2) is 25.2 Å². The third-order valence-corrected chi connectivity index (χ3v) is 7.43. The van der Waals surface area contributed by atoms with E-state index in [0.717, 1.165) is 5.54 Å². The second-order valence-corrected chi connectivity index (χ2v) is 8.93. The number of hydroxylamine groups is 1. The minimum Gasteiger partial charge on any atom is -0.358 e. The Kier molecular flexibility index (Phi) is 16.7. The maximum absolute atomic E-state index is 9.44. The molecule has 0 unspecified atom stereocenters. The summed E-state index contributed by atoms with van der Waals surface area (Å²) < 4.78 is 1.50. The molecule has 0 aliphatic heterocycles. The van der Waals surface area contributed by atoms with Gasteiger partial charge >= 0.3 is 21.7 Å². The van der Waals surface area contributed by atoms with Gasteiger partial charge in [-0.3, -0.25) is 0 Å². The van der Waals surface area contributed by atoms with Gasteiger partial charge in [0.25, 0.3) is 0 Å². The average Bonchev–Trinajstić information content (AvgIpc) is 2.37. The fraction of sp³-hybridized carbons (Fsp3) is 0.727. The monoisotopic (exact) mass is 266 g/mol. The van der Waals surface area contributed by atoms with Crippen LogP contribution in [0.4, 0.5) is 0 Å². The topological polar surface area (TPSA) is 23.5 Å². The summed E-state index contributed by atoms with van der Waals surface area (Å²) in [5, 5.41) is 9.44. The number of rotatable bonds is 2. The molecular weight excluding hydrogens is 238 g/mol. The molecule has 1 rings (SSSR count). The molecule has 1 N–H and O–H groups in total. The van der Waals surface area contributed by atoms with Crippen LogP contribution in [0.3, 0.4) is 0 Å². The fourth-order valence-electron chi connectivity index (χ4n) is 1.90. The molecule has 0 aromatic heterocycles. The van der Waals surface area contributed by atoms with Crippen LogP contribution in [0.25, 0.3) is 0 Å². The molecule has 15 heavy (non-hydrogen) atoms. The van der Waals surface area contributed by atoms with Gasteiger partial charge in [0.2, 0.25) is 0 Å². The van der Waals surface area contributed by atoms with Gasteiger partial charge in [0, 0.05) is 7.05 Å². The first-order chi connectivity index (χ1) is 5.05. The molecule has 1 saturated carbocycles. The molecule has 90 valence electrons. The Hall–Kier alpha value is 0.851. The molecule has 2 nitrogen and oxygen atoms in total. The van der Waals surface area contributed by atoms with E-state index in [1.54, 1.807) is 0 Å². The summed E-state index contributed by atoms with van der Waals surface area (Å²) in [5.74, 6) is 0. The molecule has 1 fully saturated rings. The third kappa shape index (κ3) is 6.22. The van der Waals surface area contributed by atoms with Gasteiger partial charge in [-0.2, -0.15) is 0 Å². The molecule has 0 atom stereocenters. The molecule has 0 saturated heterocycles. The van der Waals surface area contributed by atoms with Crippen molar-refractivity contribution in [2.75, 3.05) is 7.05 Å². The third-order valence-electron chi connectivity index (χ3n) is 3.19. The predicted octanol–water partition coefficient (Wildman–Crippen LogP) is 3.81. The Bertz CT molecular complexity index is 137. The molecule has 0 aromatic carbocycles. The second-order valence-electron chi connectivity index (χ2n) is 4.16. The number of nitrogens with zero attached hydrogens (tertiary/aromatic N) is 1. The quantitative estimate of drug-likeness (QED) is 0.467. The van der Waals surface area contributed by atoms with Gasteiger partial charge in [-0.1, -0.05) is 38.8 Å². The van der Waals surface area contributed by atoms with E-state index in [-0.39, 0.29) is 44.0 Å². The molecule has 4 heteroatoms. The Morgan fingerprint density at radius 1 is 1.07 bits per heavy atom. The summed E-state index contributed by atoms with van der Waals surface area (Å²) in [4.78, 5) is 0. The van der Waals surface area contributed by atoms with Gasteiger partial charge in [-0.05, 0) is 5.54 Å². The van der Waals surface area contributed by atoms with Crippen molar-refractivity contribution < 1.29 is 26.9 Å². The minimum atomic E-state index is -1.46. The van der Waals surface area contributed by atoms with E-state index in [9.17, 15) is 5.21 Å². The van der Waals surface area contributed by atoms with Crippen LogP contribution in [0.1, 0.15) is 25.7 Å². The molecule has 0 amide bonds. The van der Waals surface area contributed by atoms with Gasteiger partial charge in [0.1, 0.15) is 0 Å². The Labute approximate surface area is 113 Å². The standard InChI is InChI=1S/C8H19NOSi.3CH3.Ti/c1-9(10)11(2,3)8-6-4-5-7-8;;;;/h8,10H,4-7H2,1-3H3;3*1H3;/q;3*-1;+4. The summed E-state index contributed by atoms with van der Waals surface area (Å²) in [6.45, 7) is 4.51. The second kappa shape index (κ2) is 10.0. The smallest absolute Gasteiger partial charge is 0.358 e. The van der Waals surface area contributed by atoms with Crippen molar-refractivity contribution in [2.45, 2.75) is 44.3 Å². The molecule has 0 aromatic rings. The van der Waals surface area contributed by atoms with E-state index in [1.165, 1.54) is 30.4 Å². The summed E-state index contributed by atoms with van der Waals surface area (Å²) >= 11 is 0. The number of hydrogen-bond donors (Lipinski definition) is 1. The molecular formula is C11H28NOSiTi+. The molecule has 0 heterocycles. The zero-order valence-corrected chi connectivity index (χ0v) is 13.9. The van der Waals surface area contributed by atoms with E-state index < -0.39 is 8.24 Å². The van der Waals surface area contributed by atoms with Crippen molar-refractivity contribution in [1.29, 1.82) is 0 Å². The van der Waals surface area contributed by atoms with E-state index in [1.807, 2.05) is 7.05 Å². The largest absolute Gasteiger partial charge is 4.00 e. The normalized spacial score (nSPS) is 15.8. The fourth-order valence-corrected chi connectivity index (χ4v) is 4.25. The minimum absolute atomic E-state index is 0. The SMILES string of the molecule is CN(O)[Si](C)(C)C1CCCC1.[CH3-].[CH3-].[CH3-].[Ti+4]. The van der Waals surface area contributed by atoms with Gasteiger partial charge in [0.15, 0.2) is 8.24 Å². The van der Waals surface area contributed by atoms with Crippen molar-refractivity contribution >= 4 is 8.24 Å². The van der Waals surface area contributed by atoms with Crippen molar-refractivity contribution in [3.63, 3.8) is 0 Å². The average molecular weight is 266 g/mol. The van der Waals surface area contributed by atoms with Gasteiger partial charge < -0.3 is 27.5 Å². The molecule has 1 aliphatic rings. The van der Waals surface area contributed by atoms with E-state index in [4.69, 9.17) is 0 Å². The predicted molar refractivity (Wildman–Crippen MR) is 68.5 cm³/mol. The van der Waals surface area contributed by atoms with Crippen LogP contribution in [0.5, 0.6) is 0 Å². The van der Waals surface area contributed by atoms with Crippen LogP contribution in [-0.2, 0) is 21.7 Å². The maximum Gasteiger partial charge on any atom is 4.00 e. The van der Waals surface area contributed by atoms with Crippen molar-refractivity contribution in [3.8, 4) is 0 Å². The van der Waals surface area contributed by atoms with Crippen LogP contribution < -0.4 is 0 Å². The Morgan fingerprint density at radius 2 is 1.40 bits per heavy atom. The van der Waals surface area contributed by atoms with Gasteiger partial charge in [-0.15, -0.1) is 0 Å². The Morgan fingerprint density at radius 3 is 1.67 bits per heavy atom. The van der Waals surface area contributed by atoms with Crippen LogP contribution in [0.2, 0.25) is 18.6 Å². The molecule has 0 bridgehead atoms. The first-order valence-electron chi connectivity index (χ1n) is 4.48. The van der Waals surface area contributed by atoms with Gasteiger partial charge in [-0.25, -0.2) is 4.73 Å². The van der Waals surface area contributed by atoms with Crippen molar-refractivity contribution in [1.82, 2.24) is 4.73 Å². The van der Waals surface area contributed by atoms with Gasteiger partial charge in [0.05, 0.1) is 0 Å². The molecule has 0 radical (unpaired) electrons. The summed E-state index contributed by atoms with van der Waals surface area (Å²) in [6.07, 6.45) is 5.41. The van der Waals surface area contributed by atoms with E-state index >= 15 is 0 Å². The van der Waals surface area contributed by atoms with E-state index in [2.05, 4.69) is 13.1 Å². The summed E-state index contributed by atoms with van der Waals surface area (Å²) in [7, 11) is 0.351. The van der Waals surface area contributed by atoms with Crippen molar-refractivity contribution in [2.24, 2.45) is 0 Å². The Balaban J connectivity index is -0.000000151. The summed E-state index contributed by atoms with van der Waals surface area (Å²) in [5.41, 5.74) is 0.817. The van der Waals surface area contributed by atoms with Crippen LogP contribution >= 0.6 is 0 Å². The maximum atomic E-state index is 9.44. The van der Waals surface area contributed by atoms with Crippen LogP contribution in [0.15, 0.2) is 0 Å². The zero-order valence-electron chi connectivity index (χ0n) is 11.3. The first-order valence-corrected chi connectivity index (χ1v) is 7.50. The first kappa shape index (κ1) is 24.9. The zero-order chi connectivity index (χ0) is 8.48. The molecule has 1 aliphatic carbocycles. The number of hydrogen-bond acceptors (Lipinski definition) is 2. The van der Waals surface area contributed by atoms with Crippen LogP contribution in [0, 0.1) is 22.3 Å². The van der Waals surface area contributed by atoms with E-state index in [0.29, 0.717) is 0 Å². The van der Waals surface area contributed by atoms with Crippen molar-refractivity contribution in [3.05, 3.63) is 22.3 Å². The molecule has 0 spiro atoms.